The van der Waals surface area contributed by atoms with Gasteiger partial charge in [0.25, 0.3) is 0 Å². The van der Waals surface area contributed by atoms with Gasteiger partial charge in [-0.3, -0.25) is 0 Å². The van der Waals surface area contributed by atoms with E-state index in [2.05, 4.69) is 19.2 Å². The number of rotatable bonds is 5. The lowest BCUT2D eigenvalue weighted by Crippen LogP contribution is -2.15. The lowest BCUT2D eigenvalue weighted by atomic mass is 10.1. The Morgan fingerprint density at radius 3 is 2.75 bits per heavy atom. The van der Waals surface area contributed by atoms with E-state index in [-0.39, 0.29) is 5.56 Å². The van der Waals surface area contributed by atoms with Gasteiger partial charge in [-0.05, 0) is 31.5 Å². The first-order valence-electron chi connectivity index (χ1n) is 5.44. The van der Waals surface area contributed by atoms with Crippen LogP contribution >= 0.6 is 0 Å². The lowest BCUT2D eigenvalue weighted by Gasteiger charge is -2.16. The maximum atomic E-state index is 10.7. The van der Waals surface area contributed by atoms with Gasteiger partial charge in [0.05, 0.1) is 16.9 Å². The molecule has 0 amide bonds. The minimum absolute atomic E-state index is 0.214. The molecule has 0 heterocycles. The van der Waals surface area contributed by atoms with Crippen molar-refractivity contribution in [2.45, 2.75) is 32.7 Å². The van der Waals surface area contributed by atoms with Crippen molar-refractivity contribution in [3.05, 3.63) is 23.8 Å². The first-order chi connectivity index (χ1) is 7.54. The molecule has 0 aromatic heterocycles. The number of carboxylic acid groups (broad SMARTS) is 1. The number of nitrogen functional groups attached to an aromatic ring is 1. The molecule has 0 aliphatic carbocycles. The monoisotopic (exact) mass is 222 g/mol. The zero-order chi connectivity index (χ0) is 12.1. The van der Waals surface area contributed by atoms with Gasteiger partial charge in [0.2, 0.25) is 0 Å². The van der Waals surface area contributed by atoms with Gasteiger partial charge in [-0.2, -0.15) is 0 Å². The molecule has 0 aliphatic heterocycles. The summed E-state index contributed by atoms with van der Waals surface area (Å²) in [6.45, 7) is 4.20. The van der Waals surface area contributed by atoms with E-state index in [0.717, 1.165) is 18.5 Å². The van der Waals surface area contributed by atoms with Crippen LogP contribution in [0.4, 0.5) is 11.4 Å². The molecule has 0 aliphatic rings. The lowest BCUT2D eigenvalue weighted by molar-refractivity contribution is 0.0697. The standard InChI is InChI=1S/C12H18N2O2/c1-3-4-8(2)14-11-6-5-9(12(15)16)7-10(11)13/h5-8,14H,3-4,13H2,1-2H3,(H,15,16). The van der Waals surface area contributed by atoms with Crippen molar-refractivity contribution in [1.82, 2.24) is 0 Å². The molecule has 0 radical (unpaired) electrons. The highest BCUT2D eigenvalue weighted by Gasteiger charge is 2.07. The molecule has 88 valence electrons. The smallest absolute Gasteiger partial charge is 0.335 e. The highest BCUT2D eigenvalue weighted by Crippen LogP contribution is 2.21. The van der Waals surface area contributed by atoms with Crippen molar-refractivity contribution in [3.8, 4) is 0 Å². The molecule has 1 aromatic rings. The van der Waals surface area contributed by atoms with E-state index in [1.807, 2.05) is 0 Å². The summed E-state index contributed by atoms with van der Waals surface area (Å²) in [5.41, 5.74) is 7.26. The van der Waals surface area contributed by atoms with E-state index in [9.17, 15) is 4.79 Å². The van der Waals surface area contributed by atoms with E-state index in [0.29, 0.717) is 11.7 Å². The summed E-state index contributed by atoms with van der Waals surface area (Å²) in [7, 11) is 0. The fraction of sp³-hybridized carbons (Fsp3) is 0.417. The van der Waals surface area contributed by atoms with E-state index in [1.54, 1.807) is 12.1 Å². The number of carbonyl (C=O) groups is 1. The zero-order valence-corrected chi connectivity index (χ0v) is 9.66. The van der Waals surface area contributed by atoms with Crippen LogP contribution in [0.2, 0.25) is 0 Å². The minimum atomic E-state index is -0.958. The van der Waals surface area contributed by atoms with Crippen molar-refractivity contribution in [2.24, 2.45) is 0 Å². The van der Waals surface area contributed by atoms with E-state index < -0.39 is 5.97 Å². The third-order valence-corrected chi connectivity index (χ3v) is 2.42. The topological polar surface area (TPSA) is 75.3 Å². The average molecular weight is 222 g/mol. The second-order valence-corrected chi connectivity index (χ2v) is 3.94. The third-order valence-electron chi connectivity index (χ3n) is 2.42. The number of anilines is 2. The summed E-state index contributed by atoms with van der Waals surface area (Å²) in [6.07, 6.45) is 2.15. The quantitative estimate of drug-likeness (QED) is 0.669. The number of nitrogens with two attached hydrogens (primary N) is 1. The minimum Gasteiger partial charge on any atom is -0.478 e. The van der Waals surface area contributed by atoms with Gasteiger partial charge in [-0.15, -0.1) is 0 Å². The number of carboxylic acids is 1. The Morgan fingerprint density at radius 2 is 2.25 bits per heavy atom. The molecule has 1 rings (SSSR count). The van der Waals surface area contributed by atoms with Crippen molar-refractivity contribution >= 4 is 17.3 Å². The van der Waals surface area contributed by atoms with Crippen molar-refractivity contribution in [1.29, 1.82) is 0 Å². The maximum absolute atomic E-state index is 10.7. The van der Waals surface area contributed by atoms with E-state index >= 15 is 0 Å². The Morgan fingerprint density at radius 1 is 1.56 bits per heavy atom. The van der Waals surface area contributed by atoms with Crippen LogP contribution in [0, 0.1) is 0 Å². The van der Waals surface area contributed by atoms with Crippen LogP contribution in [-0.2, 0) is 0 Å². The number of hydrogen-bond donors (Lipinski definition) is 3. The van der Waals surface area contributed by atoms with Crippen molar-refractivity contribution in [2.75, 3.05) is 11.1 Å². The highest BCUT2D eigenvalue weighted by atomic mass is 16.4. The van der Waals surface area contributed by atoms with Gasteiger partial charge in [-0.25, -0.2) is 4.79 Å². The largest absolute Gasteiger partial charge is 0.478 e. The Kier molecular flexibility index (Phi) is 4.17. The Bertz CT molecular complexity index is 377. The van der Waals surface area contributed by atoms with Crippen LogP contribution in [0.1, 0.15) is 37.0 Å². The van der Waals surface area contributed by atoms with Crippen LogP contribution in [0.5, 0.6) is 0 Å². The first kappa shape index (κ1) is 12.4. The van der Waals surface area contributed by atoms with Crippen LogP contribution < -0.4 is 11.1 Å². The van der Waals surface area contributed by atoms with Crippen molar-refractivity contribution in [3.63, 3.8) is 0 Å². The van der Waals surface area contributed by atoms with E-state index in [1.165, 1.54) is 6.07 Å². The SMILES string of the molecule is CCCC(C)Nc1ccc(C(=O)O)cc1N. The molecule has 1 unspecified atom stereocenters. The Labute approximate surface area is 95.5 Å². The average Bonchev–Trinajstić information content (AvgIpc) is 2.21. The molecule has 4 nitrogen and oxygen atoms in total. The second kappa shape index (κ2) is 5.39. The van der Waals surface area contributed by atoms with Crippen LogP contribution in [-0.4, -0.2) is 17.1 Å². The molecule has 0 saturated carbocycles. The summed E-state index contributed by atoms with van der Waals surface area (Å²) in [5, 5.41) is 12.0. The van der Waals surface area contributed by atoms with Crippen molar-refractivity contribution < 1.29 is 9.90 Å². The summed E-state index contributed by atoms with van der Waals surface area (Å²) >= 11 is 0. The Hall–Kier alpha value is -1.71. The predicted molar refractivity (Wildman–Crippen MR) is 65.8 cm³/mol. The predicted octanol–water partition coefficient (Wildman–Crippen LogP) is 2.57. The Balaban J connectivity index is 2.79. The zero-order valence-electron chi connectivity index (χ0n) is 9.66. The number of nitrogens with one attached hydrogen (secondary N) is 1. The molecular weight excluding hydrogens is 204 g/mol. The third kappa shape index (κ3) is 3.15. The molecule has 1 atom stereocenters. The first-order valence-corrected chi connectivity index (χ1v) is 5.44. The molecule has 16 heavy (non-hydrogen) atoms. The van der Waals surface area contributed by atoms with Crippen LogP contribution in [0.15, 0.2) is 18.2 Å². The molecule has 0 saturated heterocycles. The van der Waals surface area contributed by atoms with Gasteiger partial charge in [0.1, 0.15) is 0 Å². The van der Waals surface area contributed by atoms with Gasteiger partial charge in [0.15, 0.2) is 0 Å². The van der Waals surface area contributed by atoms with Gasteiger partial charge in [-0.1, -0.05) is 13.3 Å². The summed E-state index contributed by atoms with van der Waals surface area (Å²) < 4.78 is 0. The van der Waals surface area contributed by atoms with Gasteiger partial charge in [0, 0.05) is 6.04 Å². The van der Waals surface area contributed by atoms with E-state index in [4.69, 9.17) is 10.8 Å². The van der Waals surface area contributed by atoms with Gasteiger partial charge < -0.3 is 16.2 Å². The number of aromatic carboxylic acids is 1. The fourth-order valence-electron chi connectivity index (χ4n) is 1.60. The van der Waals surface area contributed by atoms with Gasteiger partial charge >= 0.3 is 5.97 Å². The summed E-state index contributed by atoms with van der Waals surface area (Å²) in [5.74, 6) is -0.958. The number of benzene rings is 1. The molecule has 4 N–H and O–H groups in total. The van der Waals surface area contributed by atoms with Crippen LogP contribution in [0.25, 0.3) is 0 Å². The normalized spacial score (nSPS) is 12.1. The second-order valence-electron chi connectivity index (χ2n) is 3.94. The van der Waals surface area contributed by atoms with Crippen LogP contribution in [0.3, 0.4) is 0 Å². The number of hydrogen-bond acceptors (Lipinski definition) is 3. The molecule has 0 bridgehead atoms. The molecule has 0 fully saturated rings. The molecule has 4 heteroatoms. The highest BCUT2D eigenvalue weighted by molar-refractivity contribution is 5.90. The summed E-state index contributed by atoms with van der Waals surface area (Å²) in [4.78, 5) is 10.7. The fourth-order valence-corrected chi connectivity index (χ4v) is 1.60. The summed E-state index contributed by atoms with van der Waals surface area (Å²) in [6, 6.07) is 5.08. The maximum Gasteiger partial charge on any atom is 0.335 e. The molecular formula is C12H18N2O2. The molecule has 0 spiro atoms. The molecule has 1 aromatic carbocycles.